The Morgan fingerprint density at radius 2 is 2.11 bits per heavy atom. The smallest absolute Gasteiger partial charge is 0.205 e. The van der Waals surface area contributed by atoms with Gasteiger partial charge >= 0.3 is 0 Å². The number of anilines is 1. The second kappa shape index (κ2) is 5.01. The second-order valence-corrected chi connectivity index (χ2v) is 5.51. The highest BCUT2D eigenvalue weighted by Gasteiger charge is 2.12. The fourth-order valence-electron chi connectivity index (χ4n) is 2.16. The SMILES string of the molecule is CCc1oc2ccccc2c1CNc1nnc(C)s1. The molecule has 0 saturated heterocycles. The van der Waals surface area contributed by atoms with Crippen molar-refractivity contribution in [3.05, 3.63) is 40.6 Å². The van der Waals surface area contributed by atoms with Crippen molar-refractivity contribution in [2.24, 2.45) is 0 Å². The average molecular weight is 273 g/mol. The van der Waals surface area contributed by atoms with Crippen LogP contribution in [0.2, 0.25) is 0 Å². The first-order valence-electron chi connectivity index (χ1n) is 6.31. The van der Waals surface area contributed by atoms with Crippen LogP contribution in [0.3, 0.4) is 0 Å². The van der Waals surface area contributed by atoms with E-state index < -0.39 is 0 Å². The van der Waals surface area contributed by atoms with Gasteiger partial charge in [-0.1, -0.05) is 36.5 Å². The van der Waals surface area contributed by atoms with Crippen LogP contribution in [0.1, 0.15) is 23.3 Å². The van der Waals surface area contributed by atoms with Crippen LogP contribution in [0.15, 0.2) is 28.7 Å². The molecule has 0 amide bonds. The molecule has 2 heterocycles. The Bertz CT molecular complexity index is 702. The topological polar surface area (TPSA) is 51.0 Å². The minimum atomic E-state index is 0.717. The van der Waals surface area contributed by atoms with Crippen molar-refractivity contribution in [2.45, 2.75) is 26.8 Å². The van der Waals surface area contributed by atoms with Crippen molar-refractivity contribution in [2.75, 3.05) is 5.32 Å². The lowest BCUT2D eigenvalue weighted by Gasteiger charge is -2.02. The van der Waals surface area contributed by atoms with Crippen molar-refractivity contribution in [3.63, 3.8) is 0 Å². The highest BCUT2D eigenvalue weighted by atomic mass is 32.1. The van der Waals surface area contributed by atoms with Crippen molar-refractivity contribution < 1.29 is 4.42 Å². The van der Waals surface area contributed by atoms with Gasteiger partial charge in [-0.15, -0.1) is 10.2 Å². The first-order chi connectivity index (χ1) is 9.28. The van der Waals surface area contributed by atoms with E-state index in [0.717, 1.165) is 34.4 Å². The largest absolute Gasteiger partial charge is 0.461 e. The Labute approximate surface area is 115 Å². The van der Waals surface area contributed by atoms with Crippen molar-refractivity contribution in [3.8, 4) is 0 Å². The molecule has 0 radical (unpaired) electrons. The Kier molecular flexibility index (Phi) is 3.21. The molecule has 0 aliphatic rings. The summed E-state index contributed by atoms with van der Waals surface area (Å²) in [5.41, 5.74) is 2.16. The highest BCUT2D eigenvalue weighted by Crippen LogP contribution is 2.27. The van der Waals surface area contributed by atoms with Crippen LogP contribution in [0, 0.1) is 6.92 Å². The Morgan fingerprint density at radius 3 is 2.84 bits per heavy atom. The molecule has 0 bridgehead atoms. The van der Waals surface area contributed by atoms with Crippen molar-refractivity contribution in [1.82, 2.24) is 10.2 Å². The Hall–Kier alpha value is -1.88. The quantitative estimate of drug-likeness (QED) is 0.786. The van der Waals surface area contributed by atoms with Gasteiger partial charge in [0.05, 0.1) is 0 Å². The molecule has 4 nitrogen and oxygen atoms in total. The molecule has 0 unspecified atom stereocenters. The zero-order valence-electron chi connectivity index (χ0n) is 10.9. The lowest BCUT2D eigenvalue weighted by atomic mass is 10.1. The lowest BCUT2D eigenvalue weighted by Crippen LogP contribution is -2.00. The van der Waals surface area contributed by atoms with Gasteiger partial charge in [0.15, 0.2) is 0 Å². The highest BCUT2D eigenvalue weighted by molar-refractivity contribution is 7.15. The van der Waals surface area contributed by atoms with Crippen LogP contribution < -0.4 is 5.32 Å². The van der Waals surface area contributed by atoms with Gasteiger partial charge in [-0.05, 0) is 13.0 Å². The standard InChI is InChI=1S/C14H15N3OS/c1-3-12-11(8-15-14-17-16-9(2)19-14)10-6-4-5-7-13(10)18-12/h4-7H,3,8H2,1-2H3,(H,15,17). The Morgan fingerprint density at radius 1 is 1.26 bits per heavy atom. The molecule has 5 heteroatoms. The summed E-state index contributed by atoms with van der Waals surface area (Å²) in [7, 11) is 0. The van der Waals surface area contributed by atoms with E-state index in [1.54, 1.807) is 11.3 Å². The predicted molar refractivity (Wildman–Crippen MR) is 77.6 cm³/mol. The van der Waals surface area contributed by atoms with Crippen molar-refractivity contribution in [1.29, 1.82) is 0 Å². The second-order valence-electron chi connectivity index (χ2n) is 4.33. The van der Waals surface area contributed by atoms with Crippen LogP contribution in [-0.4, -0.2) is 10.2 Å². The summed E-state index contributed by atoms with van der Waals surface area (Å²) in [5, 5.41) is 14.4. The van der Waals surface area contributed by atoms with E-state index in [0.29, 0.717) is 0 Å². The maximum absolute atomic E-state index is 5.87. The molecule has 3 rings (SSSR count). The summed E-state index contributed by atoms with van der Waals surface area (Å²) in [6.07, 6.45) is 0.890. The third-order valence-corrected chi connectivity index (χ3v) is 3.84. The fraction of sp³-hybridized carbons (Fsp3) is 0.286. The van der Waals surface area contributed by atoms with Crippen LogP contribution in [0.5, 0.6) is 0 Å². The van der Waals surface area contributed by atoms with Crippen LogP contribution >= 0.6 is 11.3 Å². The minimum absolute atomic E-state index is 0.717. The maximum atomic E-state index is 5.87. The molecule has 1 N–H and O–H groups in total. The van der Waals surface area contributed by atoms with E-state index in [4.69, 9.17) is 4.42 Å². The van der Waals surface area contributed by atoms with E-state index in [1.165, 1.54) is 10.9 Å². The molecule has 98 valence electrons. The van der Waals surface area contributed by atoms with Crippen LogP contribution in [0.4, 0.5) is 5.13 Å². The monoisotopic (exact) mass is 273 g/mol. The van der Waals surface area contributed by atoms with E-state index in [1.807, 2.05) is 25.1 Å². The number of nitrogens with one attached hydrogen (secondary N) is 1. The molecular formula is C14H15N3OS. The number of hydrogen-bond donors (Lipinski definition) is 1. The summed E-state index contributed by atoms with van der Waals surface area (Å²) in [4.78, 5) is 0. The first kappa shape index (κ1) is 12.2. The number of benzene rings is 1. The molecule has 0 spiro atoms. The lowest BCUT2D eigenvalue weighted by molar-refractivity contribution is 0.551. The first-order valence-corrected chi connectivity index (χ1v) is 7.13. The summed E-state index contributed by atoms with van der Waals surface area (Å²) >= 11 is 1.56. The number of rotatable bonds is 4. The normalized spacial score (nSPS) is 11.1. The summed E-state index contributed by atoms with van der Waals surface area (Å²) < 4.78 is 5.87. The molecule has 0 saturated carbocycles. The molecular weight excluding hydrogens is 258 g/mol. The number of hydrogen-bond acceptors (Lipinski definition) is 5. The van der Waals surface area contributed by atoms with E-state index in [9.17, 15) is 0 Å². The van der Waals surface area contributed by atoms with Gasteiger partial charge in [0.25, 0.3) is 0 Å². The van der Waals surface area contributed by atoms with E-state index >= 15 is 0 Å². The van der Waals surface area contributed by atoms with Gasteiger partial charge in [-0.3, -0.25) is 0 Å². The number of fused-ring (bicyclic) bond motifs is 1. The Balaban J connectivity index is 1.90. The minimum Gasteiger partial charge on any atom is -0.461 e. The maximum Gasteiger partial charge on any atom is 0.205 e. The summed E-state index contributed by atoms with van der Waals surface area (Å²) in [5.74, 6) is 1.04. The summed E-state index contributed by atoms with van der Waals surface area (Å²) in [6.45, 7) is 4.78. The number of para-hydroxylation sites is 1. The van der Waals surface area contributed by atoms with E-state index in [2.05, 4.69) is 28.5 Å². The van der Waals surface area contributed by atoms with Gasteiger partial charge in [-0.25, -0.2) is 0 Å². The van der Waals surface area contributed by atoms with Gasteiger partial charge in [0.1, 0.15) is 16.4 Å². The molecule has 3 aromatic rings. The molecule has 0 aliphatic heterocycles. The van der Waals surface area contributed by atoms with Gasteiger partial charge < -0.3 is 9.73 Å². The molecule has 0 fully saturated rings. The van der Waals surface area contributed by atoms with Gasteiger partial charge in [0.2, 0.25) is 5.13 Å². The molecule has 1 aromatic carbocycles. The zero-order valence-corrected chi connectivity index (χ0v) is 11.8. The van der Waals surface area contributed by atoms with Gasteiger partial charge in [-0.2, -0.15) is 0 Å². The zero-order chi connectivity index (χ0) is 13.2. The fourth-order valence-corrected chi connectivity index (χ4v) is 2.75. The third-order valence-electron chi connectivity index (χ3n) is 3.05. The third kappa shape index (κ3) is 2.33. The van der Waals surface area contributed by atoms with Crippen molar-refractivity contribution >= 4 is 27.4 Å². The molecule has 19 heavy (non-hydrogen) atoms. The number of aromatic nitrogens is 2. The average Bonchev–Trinajstić information content (AvgIpc) is 2.99. The number of nitrogens with zero attached hydrogens (tertiary/aromatic N) is 2. The summed E-state index contributed by atoms with van der Waals surface area (Å²) in [6, 6.07) is 8.14. The molecule has 2 aromatic heterocycles. The predicted octanol–water partition coefficient (Wildman–Crippen LogP) is 3.77. The van der Waals surface area contributed by atoms with Crippen LogP contribution in [0.25, 0.3) is 11.0 Å². The molecule has 0 atom stereocenters. The number of furan rings is 1. The van der Waals surface area contributed by atoms with Crippen LogP contribution in [-0.2, 0) is 13.0 Å². The van der Waals surface area contributed by atoms with E-state index in [-0.39, 0.29) is 0 Å². The van der Waals surface area contributed by atoms with Gasteiger partial charge in [0, 0.05) is 23.9 Å². The molecule has 0 aliphatic carbocycles. The number of aryl methyl sites for hydroxylation is 2.